The number of nitrogens with one attached hydrogen (secondary N) is 1. The molecule has 2 aromatic heterocycles. The molecule has 0 atom stereocenters. The van der Waals surface area contributed by atoms with Crippen LogP contribution < -0.4 is 10.1 Å². The van der Waals surface area contributed by atoms with Crippen LogP contribution in [-0.4, -0.2) is 32.3 Å². The number of para-hydroxylation sites is 1. The van der Waals surface area contributed by atoms with Gasteiger partial charge in [0.25, 0.3) is 5.91 Å². The van der Waals surface area contributed by atoms with Crippen molar-refractivity contribution in [3.8, 4) is 34.5 Å². The predicted molar refractivity (Wildman–Crippen MR) is 165 cm³/mol. The largest absolute Gasteiger partial charge is 0.493 e. The second-order valence-corrected chi connectivity index (χ2v) is 11.2. The van der Waals surface area contributed by atoms with Gasteiger partial charge in [0.1, 0.15) is 6.07 Å². The van der Waals surface area contributed by atoms with Crippen LogP contribution in [0.4, 0.5) is 5.69 Å². The van der Waals surface area contributed by atoms with Crippen molar-refractivity contribution in [2.24, 2.45) is 0 Å². The lowest BCUT2D eigenvalue weighted by Crippen LogP contribution is -2.16. The van der Waals surface area contributed by atoms with Crippen LogP contribution in [0.15, 0.2) is 79.4 Å². The van der Waals surface area contributed by atoms with Gasteiger partial charge in [-0.05, 0) is 66.3 Å². The number of benzene rings is 3. The first-order valence-electron chi connectivity index (χ1n) is 13.9. The number of rotatable bonds is 7. The van der Waals surface area contributed by atoms with Crippen LogP contribution in [0, 0.1) is 18.3 Å². The third-order valence-electron chi connectivity index (χ3n) is 7.34. The number of amides is 1. The molecule has 0 fully saturated rings. The Hall–Kier alpha value is -5.16. The van der Waals surface area contributed by atoms with Crippen LogP contribution in [0.25, 0.3) is 22.6 Å². The monoisotopic (exact) mass is 558 g/mol. The summed E-state index contributed by atoms with van der Waals surface area (Å²) < 4.78 is 9.40. The molecule has 42 heavy (non-hydrogen) atoms. The summed E-state index contributed by atoms with van der Waals surface area (Å²) in [6.45, 7) is 10.3. The van der Waals surface area contributed by atoms with Gasteiger partial charge in [0.2, 0.25) is 0 Å². The minimum Gasteiger partial charge on any atom is -0.493 e. The molecule has 0 aliphatic rings. The molecule has 0 saturated carbocycles. The van der Waals surface area contributed by atoms with Crippen molar-refractivity contribution >= 4 is 11.6 Å². The van der Waals surface area contributed by atoms with E-state index in [1.165, 1.54) is 7.11 Å². The maximum atomic E-state index is 13.5. The highest BCUT2D eigenvalue weighted by Gasteiger charge is 2.22. The highest BCUT2D eigenvalue weighted by atomic mass is 16.5. The zero-order chi connectivity index (χ0) is 30.0. The number of nitrogens with zero attached hydrogens (tertiary/aromatic N) is 5. The lowest BCUT2D eigenvalue weighted by Gasteiger charge is -2.22. The normalized spacial score (nSPS) is 11.3. The zero-order valence-corrected chi connectivity index (χ0v) is 24.8. The van der Waals surface area contributed by atoms with Crippen molar-refractivity contribution in [3.63, 3.8) is 0 Å². The van der Waals surface area contributed by atoms with Gasteiger partial charge in [0, 0.05) is 17.3 Å². The van der Waals surface area contributed by atoms with E-state index in [0.717, 1.165) is 45.9 Å². The molecule has 0 spiro atoms. The highest BCUT2D eigenvalue weighted by molar-refractivity contribution is 6.05. The van der Waals surface area contributed by atoms with Crippen LogP contribution in [0.3, 0.4) is 0 Å². The summed E-state index contributed by atoms with van der Waals surface area (Å²) >= 11 is 0. The topological polar surface area (TPSA) is 97.8 Å². The average Bonchev–Trinajstić information content (AvgIpc) is 3.64. The number of aryl methyl sites for hydroxylation is 1. The number of anilines is 1. The SMILES string of the molecule is CCc1c(-c2cn(-c3cc(C(=O)Nc4cc(C(C)(C)C)cc(C#N)c4OC)ccc3C)cn2)cnn1-c1ccccc1. The second kappa shape index (κ2) is 11.4. The van der Waals surface area contributed by atoms with E-state index < -0.39 is 0 Å². The molecule has 8 nitrogen and oxygen atoms in total. The van der Waals surface area contributed by atoms with Gasteiger partial charge in [-0.1, -0.05) is 52.0 Å². The van der Waals surface area contributed by atoms with Gasteiger partial charge in [0.15, 0.2) is 5.75 Å². The number of methoxy groups -OCH3 is 1. The number of imidazole rings is 1. The van der Waals surface area contributed by atoms with Gasteiger partial charge in [-0.15, -0.1) is 0 Å². The van der Waals surface area contributed by atoms with Gasteiger partial charge >= 0.3 is 0 Å². The lowest BCUT2D eigenvalue weighted by molar-refractivity contribution is 0.102. The maximum absolute atomic E-state index is 13.5. The molecule has 0 unspecified atom stereocenters. The number of aromatic nitrogens is 4. The van der Waals surface area contributed by atoms with E-state index in [1.54, 1.807) is 12.4 Å². The van der Waals surface area contributed by atoms with E-state index >= 15 is 0 Å². The molecule has 5 rings (SSSR count). The quantitative estimate of drug-likeness (QED) is 0.231. The standard InChI is InChI=1S/C34H34N6O2/c1-7-30-27(19-37-40(30)26-11-9-8-10-12-26)29-20-39(21-36-29)31-16-23(14-13-22(31)2)33(41)38-28-17-25(34(3,4)5)15-24(18-35)32(28)42-6/h8-17,19-21H,7H2,1-6H3,(H,38,41). The first-order valence-corrected chi connectivity index (χ1v) is 13.9. The van der Waals surface area contributed by atoms with Crippen molar-refractivity contribution in [2.75, 3.05) is 12.4 Å². The molecule has 2 heterocycles. The van der Waals surface area contributed by atoms with E-state index in [1.807, 2.05) is 83.2 Å². The van der Waals surface area contributed by atoms with Gasteiger partial charge in [0.05, 0.1) is 53.6 Å². The summed E-state index contributed by atoms with van der Waals surface area (Å²) in [5.41, 5.74) is 7.67. The maximum Gasteiger partial charge on any atom is 0.255 e. The Morgan fingerprint density at radius 2 is 1.86 bits per heavy atom. The van der Waals surface area contributed by atoms with Gasteiger partial charge in [-0.3, -0.25) is 4.79 Å². The van der Waals surface area contributed by atoms with E-state index in [-0.39, 0.29) is 11.3 Å². The third kappa shape index (κ3) is 5.41. The molecular weight excluding hydrogens is 524 g/mol. The Morgan fingerprint density at radius 3 is 2.52 bits per heavy atom. The first kappa shape index (κ1) is 28.4. The fraction of sp³-hybridized carbons (Fsp3) is 0.235. The number of hydrogen-bond donors (Lipinski definition) is 1. The zero-order valence-electron chi connectivity index (χ0n) is 24.8. The molecule has 5 aromatic rings. The molecule has 1 N–H and O–H groups in total. The molecule has 0 aliphatic carbocycles. The molecular formula is C34H34N6O2. The van der Waals surface area contributed by atoms with Crippen LogP contribution in [0.1, 0.15) is 60.4 Å². The summed E-state index contributed by atoms with van der Waals surface area (Å²) in [6.07, 6.45) is 6.36. The molecule has 8 heteroatoms. The molecule has 0 bridgehead atoms. The average molecular weight is 559 g/mol. The summed E-state index contributed by atoms with van der Waals surface area (Å²) in [6, 6.07) is 21.5. The molecule has 0 radical (unpaired) electrons. The molecule has 0 aliphatic heterocycles. The van der Waals surface area contributed by atoms with Crippen LogP contribution in [0.2, 0.25) is 0 Å². The number of carbonyl (C=O) groups is 1. The van der Waals surface area contributed by atoms with E-state index in [9.17, 15) is 10.1 Å². The summed E-state index contributed by atoms with van der Waals surface area (Å²) in [5, 5.41) is 17.3. The fourth-order valence-electron chi connectivity index (χ4n) is 4.99. The Balaban J connectivity index is 1.47. The number of ether oxygens (including phenoxy) is 1. The van der Waals surface area contributed by atoms with Crippen molar-refractivity contribution in [3.05, 3.63) is 107 Å². The molecule has 0 saturated heterocycles. The van der Waals surface area contributed by atoms with E-state index in [2.05, 4.69) is 44.2 Å². The number of carbonyl (C=O) groups excluding carboxylic acids is 1. The van der Waals surface area contributed by atoms with Crippen LogP contribution in [-0.2, 0) is 11.8 Å². The number of hydrogen-bond acceptors (Lipinski definition) is 5. The van der Waals surface area contributed by atoms with Crippen LogP contribution in [0.5, 0.6) is 5.75 Å². The molecule has 212 valence electrons. The Kier molecular flexibility index (Phi) is 7.68. The van der Waals surface area contributed by atoms with Gasteiger partial charge in [-0.25, -0.2) is 9.67 Å². The summed E-state index contributed by atoms with van der Waals surface area (Å²) in [4.78, 5) is 18.2. The van der Waals surface area contributed by atoms with Crippen molar-refractivity contribution in [1.29, 1.82) is 5.26 Å². The summed E-state index contributed by atoms with van der Waals surface area (Å²) in [5.74, 6) is 0.0375. The predicted octanol–water partition coefficient (Wildman–Crippen LogP) is 7.03. The Morgan fingerprint density at radius 1 is 1.10 bits per heavy atom. The smallest absolute Gasteiger partial charge is 0.255 e. The van der Waals surface area contributed by atoms with Crippen LogP contribution >= 0.6 is 0 Å². The molecule has 3 aromatic carbocycles. The minimum atomic E-state index is -0.303. The minimum absolute atomic E-state index is 0.220. The summed E-state index contributed by atoms with van der Waals surface area (Å²) in [7, 11) is 1.50. The number of nitriles is 1. The Labute approximate surface area is 246 Å². The van der Waals surface area contributed by atoms with Crippen molar-refractivity contribution < 1.29 is 9.53 Å². The highest BCUT2D eigenvalue weighted by Crippen LogP contribution is 2.35. The van der Waals surface area contributed by atoms with E-state index in [4.69, 9.17) is 9.72 Å². The Bertz CT molecular complexity index is 1800. The van der Waals surface area contributed by atoms with Gasteiger partial charge < -0.3 is 14.6 Å². The van der Waals surface area contributed by atoms with Gasteiger partial charge in [-0.2, -0.15) is 10.4 Å². The lowest BCUT2D eigenvalue weighted by atomic mass is 9.85. The van der Waals surface area contributed by atoms with Crippen molar-refractivity contribution in [2.45, 2.75) is 46.5 Å². The molecule has 1 amide bonds. The van der Waals surface area contributed by atoms with Crippen molar-refractivity contribution in [1.82, 2.24) is 19.3 Å². The fourth-order valence-corrected chi connectivity index (χ4v) is 4.99. The van der Waals surface area contributed by atoms with E-state index in [0.29, 0.717) is 22.6 Å². The first-order chi connectivity index (χ1) is 20.1. The second-order valence-electron chi connectivity index (χ2n) is 11.2. The third-order valence-corrected chi connectivity index (χ3v) is 7.34.